The number of hydrogen-bond donors (Lipinski definition) is 0. The first-order valence-corrected chi connectivity index (χ1v) is 9.88. The van der Waals surface area contributed by atoms with E-state index < -0.39 is 0 Å². The van der Waals surface area contributed by atoms with E-state index in [9.17, 15) is 0 Å². The molecule has 0 aliphatic rings. The van der Waals surface area contributed by atoms with Crippen LogP contribution in [0.4, 0.5) is 0 Å². The van der Waals surface area contributed by atoms with Gasteiger partial charge in [-0.3, -0.25) is 0 Å². The molecule has 2 rings (SSSR count). The zero-order valence-corrected chi connectivity index (χ0v) is 15.9. The Kier molecular flexibility index (Phi) is 8.44. The molecule has 23 heavy (non-hydrogen) atoms. The van der Waals surface area contributed by atoms with E-state index in [4.69, 9.17) is 0 Å². The molecule has 0 aliphatic heterocycles. The van der Waals surface area contributed by atoms with E-state index in [1.54, 1.807) is 0 Å². The predicted octanol–water partition coefficient (Wildman–Crippen LogP) is 6.84. The first kappa shape index (κ1) is 18.3. The zero-order valence-electron chi connectivity index (χ0n) is 14.3. The lowest BCUT2D eigenvalue weighted by Gasteiger charge is -2.09. The van der Waals surface area contributed by atoms with E-state index in [-0.39, 0.29) is 0 Å². The highest BCUT2D eigenvalue weighted by atomic mass is 79.9. The van der Waals surface area contributed by atoms with Gasteiger partial charge in [0.1, 0.15) is 5.82 Å². The van der Waals surface area contributed by atoms with Crippen LogP contribution in [-0.4, -0.2) is 9.55 Å². The molecule has 0 amide bonds. The zero-order chi connectivity index (χ0) is 16.3. The van der Waals surface area contributed by atoms with E-state index in [2.05, 4.69) is 56.8 Å². The lowest BCUT2D eigenvalue weighted by atomic mass is 10.1. The molecule has 0 unspecified atom stereocenters. The quantitative estimate of drug-likeness (QED) is 0.392. The molecule has 0 bridgehead atoms. The molecule has 1 aromatic carbocycles. The molecule has 0 atom stereocenters. The van der Waals surface area contributed by atoms with Gasteiger partial charge in [-0.1, -0.05) is 92.4 Å². The molecular formula is C20H29BrN2. The van der Waals surface area contributed by atoms with Crippen LogP contribution in [-0.2, 0) is 6.54 Å². The normalized spacial score (nSPS) is 11.0. The van der Waals surface area contributed by atoms with Crippen molar-refractivity contribution >= 4 is 15.9 Å². The average molecular weight is 377 g/mol. The summed E-state index contributed by atoms with van der Waals surface area (Å²) in [6.45, 7) is 3.34. The van der Waals surface area contributed by atoms with Crippen molar-refractivity contribution in [3.05, 3.63) is 41.1 Å². The average Bonchev–Trinajstić information content (AvgIpc) is 3.02. The van der Waals surface area contributed by atoms with E-state index in [1.165, 1.54) is 63.4 Å². The Morgan fingerprint density at radius 2 is 1.57 bits per heavy atom. The van der Waals surface area contributed by atoms with Gasteiger partial charge < -0.3 is 4.57 Å². The summed E-state index contributed by atoms with van der Waals surface area (Å²) in [6.07, 6.45) is 16.3. The van der Waals surface area contributed by atoms with Gasteiger partial charge in [0.15, 0.2) is 0 Å². The Labute approximate surface area is 149 Å². The number of imidazole rings is 1. The van der Waals surface area contributed by atoms with Crippen LogP contribution in [0.5, 0.6) is 0 Å². The second-order valence-corrected chi connectivity index (χ2v) is 7.11. The smallest absolute Gasteiger partial charge is 0.141 e. The summed E-state index contributed by atoms with van der Waals surface area (Å²) in [4.78, 5) is 4.54. The third-order valence-corrected chi connectivity index (χ3v) is 5.02. The highest BCUT2D eigenvalue weighted by Crippen LogP contribution is 2.26. The van der Waals surface area contributed by atoms with Crippen LogP contribution in [0.25, 0.3) is 11.4 Å². The Hall–Kier alpha value is -1.09. The van der Waals surface area contributed by atoms with Gasteiger partial charge in [-0.15, -0.1) is 0 Å². The fraction of sp³-hybridized carbons (Fsp3) is 0.550. The van der Waals surface area contributed by atoms with Crippen molar-refractivity contribution in [2.24, 2.45) is 0 Å². The highest BCUT2D eigenvalue weighted by molar-refractivity contribution is 9.10. The maximum absolute atomic E-state index is 4.54. The summed E-state index contributed by atoms with van der Waals surface area (Å²) in [5, 5.41) is 0. The largest absolute Gasteiger partial charge is 0.331 e. The number of halogens is 1. The summed E-state index contributed by atoms with van der Waals surface area (Å²) in [5.74, 6) is 1.07. The minimum atomic E-state index is 1.06. The first-order valence-electron chi connectivity index (χ1n) is 9.09. The third-order valence-electron chi connectivity index (χ3n) is 4.33. The van der Waals surface area contributed by atoms with Crippen LogP contribution in [0, 0.1) is 0 Å². The van der Waals surface area contributed by atoms with Crippen molar-refractivity contribution in [2.45, 2.75) is 71.3 Å². The molecule has 0 spiro atoms. The van der Waals surface area contributed by atoms with Crippen molar-refractivity contribution in [3.8, 4) is 11.4 Å². The molecule has 0 radical (unpaired) electrons. The Bertz CT molecular complexity index is 562. The number of rotatable bonds is 11. The van der Waals surface area contributed by atoms with Crippen molar-refractivity contribution in [2.75, 3.05) is 0 Å². The van der Waals surface area contributed by atoms with E-state index in [0.717, 1.165) is 16.8 Å². The molecule has 1 aromatic heterocycles. The molecule has 0 aliphatic carbocycles. The second kappa shape index (κ2) is 10.6. The topological polar surface area (TPSA) is 17.8 Å². The molecule has 0 saturated heterocycles. The summed E-state index contributed by atoms with van der Waals surface area (Å²) in [5.41, 5.74) is 1.17. The van der Waals surface area contributed by atoms with Gasteiger partial charge in [-0.2, -0.15) is 0 Å². The Morgan fingerprint density at radius 3 is 2.26 bits per heavy atom. The van der Waals surface area contributed by atoms with Crippen LogP contribution in [0.2, 0.25) is 0 Å². The fourth-order valence-electron chi connectivity index (χ4n) is 2.97. The molecule has 0 fully saturated rings. The summed E-state index contributed by atoms with van der Waals surface area (Å²) in [6, 6.07) is 8.31. The highest BCUT2D eigenvalue weighted by Gasteiger charge is 2.08. The van der Waals surface area contributed by atoms with Gasteiger partial charge >= 0.3 is 0 Å². The van der Waals surface area contributed by atoms with Gasteiger partial charge in [0.25, 0.3) is 0 Å². The number of hydrogen-bond acceptors (Lipinski definition) is 1. The first-order chi connectivity index (χ1) is 11.3. The Balaban J connectivity index is 1.69. The van der Waals surface area contributed by atoms with Crippen LogP contribution in [0.15, 0.2) is 41.1 Å². The molecule has 0 N–H and O–H groups in total. The molecular weight excluding hydrogens is 348 g/mol. The second-order valence-electron chi connectivity index (χ2n) is 6.25. The van der Waals surface area contributed by atoms with E-state index >= 15 is 0 Å². The van der Waals surface area contributed by atoms with Crippen molar-refractivity contribution in [3.63, 3.8) is 0 Å². The monoisotopic (exact) mass is 376 g/mol. The molecule has 3 heteroatoms. The van der Waals surface area contributed by atoms with Gasteiger partial charge in [-0.25, -0.2) is 4.98 Å². The molecule has 1 heterocycles. The van der Waals surface area contributed by atoms with E-state index in [0.29, 0.717) is 0 Å². The Morgan fingerprint density at radius 1 is 0.913 bits per heavy atom. The van der Waals surface area contributed by atoms with E-state index in [1.807, 2.05) is 12.3 Å². The minimum Gasteiger partial charge on any atom is -0.331 e. The van der Waals surface area contributed by atoms with Gasteiger partial charge in [0, 0.05) is 29.0 Å². The predicted molar refractivity (Wildman–Crippen MR) is 103 cm³/mol. The summed E-state index contributed by atoms with van der Waals surface area (Å²) in [7, 11) is 0. The number of aryl methyl sites for hydroxylation is 1. The maximum Gasteiger partial charge on any atom is 0.141 e. The minimum absolute atomic E-state index is 1.06. The number of aromatic nitrogens is 2. The molecule has 126 valence electrons. The third kappa shape index (κ3) is 6.14. The number of unbranched alkanes of at least 4 members (excludes halogenated alkanes) is 8. The van der Waals surface area contributed by atoms with Crippen molar-refractivity contribution < 1.29 is 0 Å². The van der Waals surface area contributed by atoms with Crippen LogP contribution in [0.1, 0.15) is 64.7 Å². The lowest BCUT2D eigenvalue weighted by molar-refractivity contribution is 0.540. The van der Waals surface area contributed by atoms with Crippen LogP contribution < -0.4 is 0 Å². The number of nitrogens with zero attached hydrogens (tertiary/aromatic N) is 2. The van der Waals surface area contributed by atoms with Crippen LogP contribution >= 0.6 is 15.9 Å². The van der Waals surface area contributed by atoms with Crippen molar-refractivity contribution in [1.29, 1.82) is 0 Å². The summed E-state index contributed by atoms with van der Waals surface area (Å²) >= 11 is 3.63. The van der Waals surface area contributed by atoms with Gasteiger partial charge in [-0.05, 0) is 12.5 Å². The van der Waals surface area contributed by atoms with Crippen molar-refractivity contribution in [1.82, 2.24) is 9.55 Å². The standard InChI is InChI=1S/C20H29BrN2/c1-2-3-4-5-6-7-8-9-12-16-23-17-15-22-20(23)18-13-10-11-14-19(18)21/h10-11,13-15,17H,2-9,12,16H2,1H3. The fourth-order valence-corrected chi connectivity index (χ4v) is 3.43. The molecule has 2 nitrogen and oxygen atoms in total. The van der Waals surface area contributed by atoms with Gasteiger partial charge in [0.2, 0.25) is 0 Å². The number of benzene rings is 1. The molecule has 0 saturated carbocycles. The SMILES string of the molecule is CCCCCCCCCCCn1ccnc1-c1ccccc1Br. The summed E-state index contributed by atoms with van der Waals surface area (Å²) < 4.78 is 3.39. The van der Waals surface area contributed by atoms with Crippen LogP contribution in [0.3, 0.4) is 0 Å². The lowest BCUT2D eigenvalue weighted by Crippen LogP contribution is -2.00. The van der Waals surface area contributed by atoms with Gasteiger partial charge in [0.05, 0.1) is 0 Å². The molecule has 2 aromatic rings. The maximum atomic E-state index is 4.54.